The number of ether oxygens (including phenoxy) is 2. The number of rotatable bonds is 8. The molecule has 2 heterocycles. The minimum atomic E-state index is -0.0382. The maximum atomic E-state index is 12.5. The van der Waals surface area contributed by atoms with Gasteiger partial charge in [-0.15, -0.1) is 11.3 Å². The van der Waals surface area contributed by atoms with Crippen LogP contribution in [-0.2, 0) is 11.2 Å². The van der Waals surface area contributed by atoms with Crippen LogP contribution in [0.5, 0.6) is 11.5 Å². The van der Waals surface area contributed by atoms with Gasteiger partial charge >= 0.3 is 0 Å². The van der Waals surface area contributed by atoms with E-state index in [4.69, 9.17) is 14.6 Å². The van der Waals surface area contributed by atoms with Crippen LogP contribution in [0.2, 0.25) is 0 Å². The van der Waals surface area contributed by atoms with Crippen molar-refractivity contribution in [3.8, 4) is 22.8 Å². The lowest BCUT2D eigenvalue weighted by atomic mass is 10.1. The highest BCUT2D eigenvalue weighted by atomic mass is 32.1. The second kappa shape index (κ2) is 8.41. The molecule has 0 unspecified atom stereocenters. The van der Waals surface area contributed by atoms with Gasteiger partial charge in [-0.3, -0.25) is 9.20 Å². The number of fused-ring (bicyclic) bond motifs is 1. The summed E-state index contributed by atoms with van der Waals surface area (Å²) in [6, 6.07) is 5.57. The molecule has 1 amide bonds. The first-order chi connectivity index (χ1) is 13.1. The molecule has 27 heavy (non-hydrogen) atoms. The second-order valence-corrected chi connectivity index (χ2v) is 6.78. The van der Waals surface area contributed by atoms with Gasteiger partial charge in [0.1, 0.15) is 11.5 Å². The Morgan fingerprint density at radius 2 is 2.15 bits per heavy atom. The van der Waals surface area contributed by atoms with Crippen molar-refractivity contribution in [3.05, 3.63) is 35.5 Å². The first kappa shape index (κ1) is 19.2. The van der Waals surface area contributed by atoms with E-state index >= 15 is 0 Å². The molecule has 0 fully saturated rings. The van der Waals surface area contributed by atoms with Gasteiger partial charge in [0.2, 0.25) is 5.91 Å². The quantitative estimate of drug-likeness (QED) is 0.640. The van der Waals surface area contributed by atoms with Gasteiger partial charge in [0.15, 0.2) is 4.96 Å². The van der Waals surface area contributed by atoms with Crippen molar-refractivity contribution in [2.45, 2.75) is 13.3 Å². The zero-order valence-corrected chi connectivity index (χ0v) is 16.5. The van der Waals surface area contributed by atoms with Gasteiger partial charge in [0, 0.05) is 35.9 Å². The molecule has 8 heteroatoms. The maximum absolute atomic E-state index is 12.5. The Bertz CT molecular complexity index is 934. The molecule has 0 radical (unpaired) electrons. The van der Waals surface area contributed by atoms with E-state index in [2.05, 4.69) is 4.98 Å². The van der Waals surface area contributed by atoms with Crippen LogP contribution in [-0.4, -0.2) is 59.2 Å². The Hall–Kier alpha value is -2.58. The number of benzene rings is 1. The molecular formula is C19H23N3O4S. The van der Waals surface area contributed by atoms with Crippen LogP contribution in [0.4, 0.5) is 0 Å². The molecule has 0 aliphatic carbocycles. The van der Waals surface area contributed by atoms with Crippen LogP contribution >= 0.6 is 11.3 Å². The predicted octanol–water partition coefficient (Wildman–Crippen LogP) is 2.46. The largest absolute Gasteiger partial charge is 0.497 e. The number of imidazole rings is 1. The molecule has 0 atom stereocenters. The molecular weight excluding hydrogens is 366 g/mol. The van der Waals surface area contributed by atoms with Crippen molar-refractivity contribution in [2.75, 3.05) is 33.9 Å². The standard InChI is InChI=1S/C19H23N3O4S/c1-4-21(7-8-23)18(24)9-13-12-27-19-20-16(11-22(13)19)15-10-14(25-2)5-6-17(15)26-3/h5-6,10-12,23H,4,7-9H2,1-3H3. The number of aliphatic hydroxyl groups excluding tert-OH is 1. The van der Waals surface area contributed by atoms with Gasteiger partial charge < -0.3 is 19.5 Å². The lowest BCUT2D eigenvalue weighted by Crippen LogP contribution is -2.34. The highest BCUT2D eigenvalue weighted by molar-refractivity contribution is 7.15. The van der Waals surface area contributed by atoms with Crippen LogP contribution in [0.1, 0.15) is 12.6 Å². The Labute approximate surface area is 161 Å². The van der Waals surface area contributed by atoms with Crippen molar-refractivity contribution in [2.24, 2.45) is 0 Å². The second-order valence-electron chi connectivity index (χ2n) is 5.95. The Kier molecular flexibility index (Phi) is 5.98. The molecule has 0 bridgehead atoms. The van der Waals surface area contributed by atoms with E-state index in [-0.39, 0.29) is 18.9 Å². The van der Waals surface area contributed by atoms with Gasteiger partial charge in [0.05, 0.1) is 32.9 Å². The molecule has 2 aromatic heterocycles. The normalized spacial score (nSPS) is 11.0. The highest BCUT2D eigenvalue weighted by Gasteiger charge is 2.17. The fourth-order valence-electron chi connectivity index (χ4n) is 2.95. The van der Waals surface area contributed by atoms with Gasteiger partial charge in [-0.05, 0) is 25.1 Å². The summed E-state index contributed by atoms with van der Waals surface area (Å²) in [6.45, 7) is 2.78. The number of amides is 1. The van der Waals surface area contributed by atoms with Crippen molar-refractivity contribution in [1.29, 1.82) is 0 Å². The Balaban J connectivity index is 1.93. The maximum Gasteiger partial charge on any atom is 0.228 e. The van der Waals surface area contributed by atoms with E-state index in [9.17, 15) is 4.79 Å². The molecule has 0 saturated carbocycles. The van der Waals surface area contributed by atoms with Crippen LogP contribution in [0.25, 0.3) is 16.2 Å². The number of hydrogen-bond acceptors (Lipinski definition) is 6. The van der Waals surface area contributed by atoms with E-state index in [0.717, 1.165) is 27.7 Å². The van der Waals surface area contributed by atoms with E-state index < -0.39 is 0 Å². The van der Waals surface area contributed by atoms with Crippen molar-refractivity contribution >= 4 is 22.2 Å². The molecule has 0 spiro atoms. The lowest BCUT2D eigenvalue weighted by Gasteiger charge is -2.19. The molecule has 7 nitrogen and oxygen atoms in total. The molecule has 3 aromatic rings. The topological polar surface area (TPSA) is 76.3 Å². The third-order valence-electron chi connectivity index (χ3n) is 4.40. The summed E-state index contributed by atoms with van der Waals surface area (Å²) >= 11 is 1.49. The van der Waals surface area contributed by atoms with Gasteiger partial charge in [-0.1, -0.05) is 0 Å². The number of methoxy groups -OCH3 is 2. The zero-order chi connectivity index (χ0) is 19.4. The molecule has 144 valence electrons. The summed E-state index contributed by atoms with van der Waals surface area (Å²) < 4.78 is 12.7. The van der Waals surface area contributed by atoms with Crippen LogP contribution in [0, 0.1) is 0 Å². The smallest absolute Gasteiger partial charge is 0.228 e. The lowest BCUT2D eigenvalue weighted by molar-refractivity contribution is -0.130. The SMILES string of the molecule is CCN(CCO)C(=O)Cc1csc2nc(-c3cc(OC)ccc3OC)cn12. The molecule has 0 saturated heterocycles. The third kappa shape index (κ3) is 3.91. The number of aliphatic hydroxyl groups is 1. The van der Waals surface area contributed by atoms with Crippen molar-refractivity contribution < 1.29 is 19.4 Å². The van der Waals surface area contributed by atoms with Crippen LogP contribution in [0.3, 0.4) is 0 Å². The molecule has 1 N–H and O–H groups in total. The average molecular weight is 389 g/mol. The van der Waals surface area contributed by atoms with Crippen molar-refractivity contribution in [1.82, 2.24) is 14.3 Å². The van der Waals surface area contributed by atoms with E-state index in [1.165, 1.54) is 11.3 Å². The number of carbonyl (C=O) groups excluding carboxylic acids is 1. The van der Waals surface area contributed by atoms with E-state index in [1.807, 2.05) is 41.1 Å². The molecule has 0 aliphatic rings. The Morgan fingerprint density at radius 3 is 2.81 bits per heavy atom. The third-order valence-corrected chi connectivity index (χ3v) is 5.29. The summed E-state index contributed by atoms with van der Waals surface area (Å²) in [5.74, 6) is 1.42. The Morgan fingerprint density at radius 1 is 1.33 bits per heavy atom. The first-order valence-corrected chi connectivity index (χ1v) is 9.55. The summed E-state index contributed by atoms with van der Waals surface area (Å²) in [5, 5.41) is 11.1. The fraction of sp³-hybridized carbons (Fsp3) is 0.368. The molecule has 0 aliphatic heterocycles. The number of nitrogens with zero attached hydrogens (tertiary/aromatic N) is 3. The fourth-order valence-corrected chi connectivity index (χ4v) is 3.82. The first-order valence-electron chi connectivity index (χ1n) is 8.67. The predicted molar refractivity (Wildman–Crippen MR) is 105 cm³/mol. The summed E-state index contributed by atoms with van der Waals surface area (Å²) in [7, 11) is 3.24. The van der Waals surface area contributed by atoms with Crippen LogP contribution in [0.15, 0.2) is 29.8 Å². The summed E-state index contributed by atoms with van der Waals surface area (Å²) in [5.41, 5.74) is 2.46. The summed E-state index contributed by atoms with van der Waals surface area (Å²) in [4.78, 5) is 19.6. The van der Waals surface area contributed by atoms with Crippen molar-refractivity contribution in [3.63, 3.8) is 0 Å². The minimum Gasteiger partial charge on any atom is -0.497 e. The number of likely N-dealkylation sites (N-methyl/N-ethyl adjacent to an activating group) is 1. The zero-order valence-electron chi connectivity index (χ0n) is 15.6. The minimum absolute atomic E-state index is 0.0135. The summed E-state index contributed by atoms with van der Waals surface area (Å²) in [6.07, 6.45) is 2.17. The highest BCUT2D eigenvalue weighted by Crippen LogP contribution is 2.34. The van der Waals surface area contributed by atoms with Gasteiger partial charge in [0.25, 0.3) is 0 Å². The average Bonchev–Trinajstić information content (AvgIpc) is 3.27. The van der Waals surface area contributed by atoms with E-state index in [0.29, 0.717) is 18.8 Å². The monoisotopic (exact) mass is 389 g/mol. The van der Waals surface area contributed by atoms with E-state index in [1.54, 1.807) is 19.1 Å². The number of carbonyl (C=O) groups is 1. The molecule has 3 rings (SSSR count). The number of aromatic nitrogens is 2. The number of hydrogen-bond donors (Lipinski definition) is 1. The van der Waals surface area contributed by atoms with Gasteiger partial charge in [-0.25, -0.2) is 4.98 Å². The van der Waals surface area contributed by atoms with Gasteiger partial charge in [-0.2, -0.15) is 0 Å². The number of thiazole rings is 1. The molecule has 1 aromatic carbocycles. The van der Waals surface area contributed by atoms with Crippen LogP contribution < -0.4 is 9.47 Å².